The van der Waals surface area contributed by atoms with Crippen molar-refractivity contribution in [1.29, 1.82) is 0 Å². The van der Waals surface area contributed by atoms with Crippen molar-refractivity contribution >= 4 is 60.2 Å². The fourth-order valence-electron chi connectivity index (χ4n) is 1.44. The monoisotopic (exact) mass is 313 g/mol. The first-order valence-electron chi connectivity index (χ1n) is 4.57. The van der Waals surface area contributed by atoms with Crippen molar-refractivity contribution in [1.82, 2.24) is 4.57 Å². The van der Waals surface area contributed by atoms with Gasteiger partial charge in [0, 0.05) is 23.0 Å². The van der Waals surface area contributed by atoms with E-state index in [2.05, 4.69) is 15.9 Å². The van der Waals surface area contributed by atoms with E-state index in [4.69, 9.17) is 12.2 Å². The normalized spacial score (nSPS) is 10.6. The summed E-state index contributed by atoms with van der Waals surface area (Å²) in [6.07, 6.45) is 1.88. The molecule has 0 atom stereocenters. The Labute approximate surface area is 111 Å². The number of nitrogens with zero attached hydrogens (tertiary/aromatic N) is 1. The summed E-state index contributed by atoms with van der Waals surface area (Å²) in [5.41, 5.74) is 1.02. The second kappa shape index (κ2) is 4.69. The third-order valence-electron chi connectivity index (χ3n) is 2.08. The van der Waals surface area contributed by atoms with Gasteiger partial charge in [-0.3, -0.25) is 4.79 Å². The predicted molar refractivity (Wildman–Crippen MR) is 75.9 cm³/mol. The quantitative estimate of drug-likeness (QED) is 0.690. The molecule has 0 saturated heterocycles. The van der Waals surface area contributed by atoms with E-state index in [9.17, 15) is 4.79 Å². The lowest BCUT2D eigenvalue weighted by Crippen LogP contribution is -2.04. The smallest absolute Gasteiger partial charge is 0.192 e. The first-order chi connectivity index (χ1) is 7.58. The molecule has 1 aromatic carbocycles. The lowest BCUT2D eigenvalue weighted by molar-refractivity contribution is -0.109. The zero-order valence-corrected chi connectivity index (χ0v) is 11.7. The van der Waals surface area contributed by atoms with Crippen molar-refractivity contribution in [3.05, 3.63) is 34.9 Å². The zero-order valence-electron chi connectivity index (χ0n) is 8.44. The molecule has 82 valence electrons. The lowest BCUT2D eigenvalue weighted by atomic mass is 10.2. The SMILES string of the molecule is CC(=O)SC(=S)n1ccc2cc(Br)ccc21. The summed E-state index contributed by atoms with van der Waals surface area (Å²) in [6.45, 7) is 1.51. The number of carbonyl (C=O) groups is 1. The van der Waals surface area contributed by atoms with Gasteiger partial charge in [-0.1, -0.05) is 28.1 Å². The number of fused-ring (bicyclic) bond motifs is 1. The Hall–Kier alpha value is -0.650. The molecule has 1 heterocycles. The topological polar surface area (TPSA) is 22.0 Å². The van der Waals surface area contributed by atoms with Gasteiger partial charge in [0.2, 0.25) is 0 Å². The van der Waals surface area contributed by atoms with Crippen molar-refractivity contribution in [2.75, 3.05) is 0 Å². The van der Waals surface area contributed by atoms with Gasteiger partial charge in [0.05, 0.1) is 5.52 Å². The molecule has 0 aliphatic heterocycles. The van der Waals surface area contributed by atoms with Crippen LogP contribution in [0.1, 0.15) is 6.92 Å². The van der Waals surface area contributed by atoms with Crippen LogP contribution in [0.5, 0.6) is 0 Å². The van der Waals surface area contributed by atoms with Gasteiger partial charge in [-0.05, 0) is 36.0 Å². The minimum absolute atomic E-state index is 0.00367. The average Bonchev–Trinajstić information content (AvgIpc) is 2.59. The van der Waals surface area contributed by atoms with Crippen LogP contribution in [0.4, 0.5) is 0 Å². The number of halogens is 1. The van der Waals surface area contributed by atoms with Gasteiger partial charge in [0.25, 0.3) is 0 Å². The Morgan fingerprint density at radius 1 is 1.44 bits per heavy atom. The number of rotatable bonds is 0. The maximum absolute atomic E-state index is 11.0. The molecule has 0 aliphatic carbocycles. The summed E-state index contributed by atoms with van der Waals surface area (Å²) in [4.78, 5) is 11.0. The Morgan fingerprint density at radius 2 is 2.19 bits per heavy atom. The van der Waals surface area contributed by atoms with Crippen LogP contribution in [0.3, 0.4) is 0 Å². The van der Waals surface area contributed by atoms with Crippen LogP contribution in [0.25, 0.3) is 10.9 Å². The van der Waals surface area contributed by atoms with Gasteiger partial charge >= 0.3 is 0 Å². The highest BCUT2D eigenvalue weighted by molar-refractivity contribution is 9.10. The molecule has 0 spiro atoms. The van der Waals surface area contributed by atoms with E-state index in [0.29, 0.717) is 4.32 Å². The van der Waals surface area contributed by atoms with Crippen molar-refractivity contribution < 1.29 is 4.79 Å². The van der Waals surface area contributed by atoms with Gasteiger partial charge in [-0.15, -0.1) is 0 Å². The van der Waals surface area contributed by atoms with E-state index in [1.165, 1.54) is 6.92 Å². The number of aromatic nitrogens is 1. The molecular weight excluding hydrogens is 306 g/mol. The molecule has 16 heavy (non-hydrogen) atoms. The number of hydrogen-bond donors (Lipinski definition) is 0. The number of thioether (sulfide) groups is 1. The molecule has 0 unspecified atom stereocenters. The summed E-state index contributed by atoms with van der Waals surface area (Å²) in [6, 6.07) is 7.94. The second-order valence-corrected chi connectivity index (χ2v) is 5.97. The Kier molecular flexibility index (Phi) is 3.47. The Morgan fingerprint density at radius 3 is 2.88 bits per heavy atom. The van der Waals surface area contributed by atoms with Crippen molar-refractivity contribution in [2.24, 2.45) is 0 Å². The van der Waals surface area contributed by atoms with E-state index in [1.807, 2.05) is 35.0 Å². The summed E-state index contributed by atoms with van der Waals surface area (Å²) < 4.78 is 3.44. The van der Waals surface area contributed by atoms with E-state index in [0.717, 1.165) is 27.1 Å². The molecular formula is C11H8BrNOS2. The second-order valence-electron chi connectivity index (χ2n) is 3.25. The maximum atomic E-state index is 11.0. The molecule has 2 aromatic rings. The van der Waals surface area contributed by atoms with Crippen LogP contribution in [-0.2, 0) is 4.79 Å². The first kappa shape index (κ1) is 11.8. The molecule has 0 radical (unpaired) electrons. The highest BCUT2D eigenvalue weighted by atomic mass is 79.9. The molecule has 0 bridgehead atoms. The molecule has 0 fully saturated rings. The highest BCUT2D eigenvalue weighted by Gasteiger charge is 2.08. The molecule has 2 nitrogen and oxygen atoms in total. The van der Waals surface area contributed by atoms with Crippen molar-refractivity contribution in [2.45, 2.75) is 6.92 Å². The fraction of sp³-hybridized carbons (Fsp3) is 0.0909. The summed E-state index contributed by atoms with van der Waals surface area (Å²) in [5.74, 6) is 0. The third-order valence-corrected chi connectivity index (χ3v) is 3.68. The van der Waals surface area contributed by atoms with E-state index in [1.54, 1.807) is 0 Å². The van der Waals surface area contributed by atoms with Crippen LogP contribution in [0.15, 0.2) is 34.9 Å². The van der Waals surface area contributed by atoms with Crippen molar-refractivity contribution in [3.8, 4) is 0 Å². The summed E-state index contributed by atoms with van der Waals surface area (Å²) in [5, 5.41) is 1.10. The van der Waals surface area contributed by atoms with Gasteiger partial charge in [-0.2, -0.15) is 0 Å². The van der Waals surface area contributed by atoms with E-state index in [-0.39, 0.29) is 5.12 Å². The fourth-order valence-corrected chi connectivity index (χ4v) is 2.84. The minimum Gasteiger partial charge on any atom is -0.302 e. The molecule has 0 amide bonds. The van der Waals surface area contributed by atoms with Gasteiger partial charge in [0.15, 0.2) is 9.44 Å². The van der Waals surface area contributed by atoms with Gasteiger partial charge in [-0.25, -0.2) is 0 Å². The van der Waals surface area contributed by atoms with Crippen LogP contribution >= 0.6 is 39.9 Å². The Balaban J connectivity index is 2.46. The predicted octanol–water partition coefficient (Wildman–Crippen LogP) is 3.82. The summed E-state index contributed by atoms with van der Waals surface area (Å²) in [7, 11) is 0. The van der Waals surface area contributed by atoms with Crippen LogP contribution in [0.2, 0.25) is 0 Å². The number of carbonyl (C=O) groups excluding carboxylic acids is 1. The number of hydrogen-bond acceptors (Lipinski definition) is 3. The van der Waals surface area contributed by atoms with Gasteiger partial charge < -0.3 is 4.57 Å². The number of benzene rings is 1. The van der Waals surface area contributed by atoms with Crippen LogP contribution in [-0.4, -0.2) is 14.0 Å². The van der Waals surface area contributed by atoms with Crippen LogP contribution in [0, 0.1) is 0 Å². The lowest BCUT2D eigenvalue weighted by Gasteiger charge is -2.04. The molecule has 1 aromatic heterocycles. The molecule has 5 heteroatoms. The standard InChI is InChI=1S/C11H8BrNOS2/c1-7(14)16-11(15)13-5-4-8-6-9(12)2-3-10(8)13/h2-6H,1H3. The minimum atomic E-state index is 0.00367. The first-order valence-corrected chi connectivity index (χ1v) is 6.59. The molecule has 2 rings (SSSR count). The molecule has 0 N–H and O–H groups in total. The highest BCUT2D eigenvalue weighted by Crippen LogP contribution is 2.22. The Bertz CT molecular complexity index is 576. The molecule has 0 aliphatic rings. The zero-order chi connectivity index (χ0) is 11.7. The molecule has 0 saturated carbocycles. The number of thiocarbonyl (C=S) groups is 1. The van der Waals surface area contributed by atoms with E-state index < -0.39 is 0 Å². The van der Waals surface area contributed by atoms with Crippen molar-refractivity contribution in [3.63, 3.8) is 0 Å². The van der Waals surface area contributed by atoms with Crippen LogP contribution < -0.4 is 0 Å². The average molecular weight is 314 g/mol. The van der Waals surface area contributed by atoms with Gasteiger partial charge in [0.1, 0.15) is 0 Å². The third kappa shape index (κ3) is 2.36. The van der Waals surface area contributed by atoms with E-state index >= 15 is 0 Å². The largest absolute Gasteiger partial charge is 0.302 e. The maximum Gasteiger partial charge on any atom is 0.192 e. The summed E-state index contributed by atoms with van der Waals surface area (Å²) >= 11 is 9.70.